The first kappa shape index (κ1) is 21.1. The third kappa shape index (κ3) is 5.91. The first-order valence-electron chi connectivity index (χ1n) is 10.0. The Bertz CT molecular complexity index is 937. The second-order valence-electron chi connectivity index (χ2n) is 7.20. The van der Waals surface area contributed by atoms with Gasteiger partial charge in [-0.25, -0.2) is 4.98 Å². The fraction of sp³-hybridized carbons (Fsp3) is 0.333. The lowest BCUT2D eigenvalue weighted by atomic mass is 10.1. The molecule has 0 N–H and O–H groups in total. The highest BCUT2D eigenvalue weighted by Crippen LogP contribution is 2.22. The Hall–Kier alpha value is -2.66. The van der Waals surface area contributed by atoms with E-state index in [1.54, 1.807) is 11.3 Å². The Labute approximate surface area is 177 Å². The molecule has 0 saturated carbocycles. The third-order valence-electron chi connectivity index (χ3n) is 4.90. The minimum Gasteiger partial charge on any atom is -0.486 e. The van der Waals surface area contributed by atoms with Gasteiger partial charge >= 0.3 is 0 Å². The average Bonchev–Trinajstić information content (AvgIpc) is 3.17. The van der Waals surface area contributed by atoms with Crippen molar-refractivity contribution in [2.24, 2.45) is 0 Å². The number of rotatable bonds is 9. The molecule has 0 aliphatic heterocycles. The van der Waals surface area contributed by atoms with E-state index in [1.807, 2.05) is 52.7 Å². The van der Waals surface area contributed by atoms with Crippen molar-refractivity contribution >= 4 is 17.2 Å². The Morgan fingerprint density at radius 3 is 2.66 bits per heavy atom. The summed E-state index contributed by atoms with van der Waals surface area (Å²) in [6, 6.07) is 16.0. The van der Waals surface area contributed by atoms with E-state index in [4.69, 9.17) is 4.74 Å². The molecule has 152 valence electrons. The van der Waals surface area contributed by atoms with Gasteiger partial charge in [0.15, 0.2) is 0 Å². The van der Waals surface area contributed by atoms with Crippen LogP contribution in [0.25, 0.3) is 0 Å². The molecule has 1 aromatic heterocycles. The number of carbonyl (C=O) groups excluding carboxylic acids is 1. The summed E-state index contributed by atoms with van der Waals surface area (Å²) in [6.07, 6.45) is 1.35. The van der Waals surface area contributed by atoms with E-state index in [9.17, 15) is 4.79 Å². The predicted octanol–water partition coefficient (Wildman–Crippen LogP) is 5.32. The van der Waals surface area contributed by atoms with Gasteiger partial charge in [0.1, 0.15) is 17.4 Å². The highest BCUT2D eigenvalue weighted by molar-refractivity contribution is 7.09. The van der Waals surface area contributed by atoms with Crippen LogP contribution in [-0.4, -0.2) is 22.3 Å². The molecule has 3 aromatic rings. The highest BCUT2D eigenvalue weighted by Gasteiger charge is 2.16. The average molecular weight is 409 g/mol. The topological polar surface area (TPSA) is 42.4 Å². The quantitative estimate of drug-likeness (QED) is 0.481. The molecule has 4 nitrogen and oxygen atoms in total. The molecule has 1 heterocycles. The standard InChI is InChI=1S/C24H28N2O2S/c1-4-13-26(24(27)14-20-10-6-5-7-11-20)15-21-17-29-23(25-21)16-28-22-12-8-9-18(2)19(22)3/h5-12,17H,4,13-16H2,1-3H3. The first-order valence-corrected chi connectivity index (χ1v) is 10.9. The highest BCUT2D eigenvalue weighted by atomic mass is 32.1. The number of aromatic nitrogens is 1. The van der Waals surface area contributed by atoms with E-state index in [2.05, 4.69) is 31.8 Å². The number of ether oxygens (including phenoxy) is 1. The Balaban J connectivity index is 1.60. The molecule has 3 rings (SSSR count). The van der Waals surface area contributed by atoms with Gasteiger partial charge in [-0.15, -0.1) is 11.3 Å². The lowest BCUT2D eigenvalue weighted by Crippen LogP contribution is -2.32. The van der Waals surface area contributed by atoms with Crippen molar-refractivity contribution in [3.05, 3.63) is 81.3 Å². The predicted molar refractivity (Wildman–Crippen MR) is 118 cm³/mol. The SMILES string of the molecule is CCCN(Cc1csc(COc2cccc(C)c2C)n1)C(=O)Cc1ccccc1. The fourth-order valence-electron chi connectivity index (χ4n) is 3.15. The summed E-state index contributed by atoms with van der Waals surface area (Å²) in [7, 11) is 0. The number of hydrogen-bond acceptors (Lipinski definition) is 4. The molecule has 0 unspecified atom stereocenters. The molecule has 0 atom stereocenters. The van der Waals surface area contributed by atoms with Gasteiger partial charge in [-0.1, -0.05) is 49.4 Å². The molecule has 0 aliphatic carbocycles. The number of benzene rings is 2. The maximum atomic E-state index is 12.8. The first-order chi connectivity index (χ1) is 14.1. The minimum atomic E-state index is 0.138. The van der Waals surface area contributed by atoms with E-state index in [0.717, 1.165) is 40.5 Å². The van der Waals surface area contributed by atoms with Crippen LogP contribution >= 0.6 is 11.3 Å². The summed E-state index contributed by atoms with van der Waals surface area (Å²) >= 11 is 1.58. The molecular formula is C24H28N2O2S. The van der Waals surface area contributed by atoms with Crippen LogP contribution in [0.5, 0.6) is 5.75 Å². The second-order valence-corrected chi connectivity index (χ2v) is 8.14. The Morgan fingerprint density at radius 2 is 1.90 bits per heavy atom. The number of nitrogens with zero attached hydrogens (tertiary/aromatic N) is 2. The van der Waals surface area contributed by atoms with Crippen molar-refractivity contribution in [1.82, 2.24) is 9.88 Å². The van der Waals surface area contributed by atoms with Gasteiger partial charge in [-0.05, 0) is 43.0 Å². The number of aryl methyl sites for hydroxylation is 1. The van der Waals surface area contributed by atoms with Crippen molar-refractivity contribution in [1.29, 1.82) is 0 Å². The van der Waals surface area contributed by atoms with Crippen molar-refractivity contribution in [2.75, 3.05) is 6.54 Å². The van der Waals surface area contributed by atoms with Gasteiger partial charge in [0.05, 0.1) is 18.7 Å². The smallest absolute Gasteiger partial charge is 0.227 e. The fourth-order valence-corrected chi connectivity index (χ4v) is 3.84. The Kier molecular flexibility index (Phi) is 7.42. The zero-order valence-corrected chi connectivity index (χ0v) is 18.2. The van der Waals surface area contributed by atoms with Gasteiger partial charge in [0, 0.05) is 11.9 Å². The monoisotopic (exact) mass is 408 g/mol. The lowest BCUT2D eigenvalue weighted by molar-refractivity contribution is -0.131. The van der Waals surface area contributed by atoms with Gasteiger partial charge in [-0.3, -0.25) is 4.79 Å². The molecule has 5 heteroatoms. The Morgan fingerprint density at radius 1 is 1.10 bits per heavy atom. The summed E-state index contributed by atoms with van der Waals surface area (Å²) in [5.74, 6) is 1.03. The number of amides is 1. The van der Waals surface area contributed by atoms with E-state index >= 15 is 0 Å². The number of hydrogen-bond donors (Lipinski definition) is 0. The zero-order chi connectivity index (χ0) is 20.6. The van der Waals surface area contributed by atoms with Crippen LogP contribution in [0.3, 0.4) is 0 Å². The lowest BCUT2D eigenvalue weighted by Gasteiger charge is -2.21. The maximum absolute atomic E-state index is 12.8. The van der Waals surface area contributed by atoms with Gasteiger partial charge in [0.2, 0.25) is 5.91 Å². The molecule has 0 bridgehead atoms. The van der Waals surface area contributed by atoms with Crippen molar-refractivity contribution in [3.63, 3.8) is 0 Å². The maximum Gasteiger partial charge on any atom is 0.227 e. The summed E-state index contributed by atoms with van der Waals surface area (Å²) in [4.78, 5) is 19.4. The number of thiazole rings is 1. The van der Waals surface area contributed by atoms with Crippen LogP contribution in [0.15, 0.2) is 53.9 Å². The van der Waals surface area contributed by atoms with E-state index < -0.39 is 0 Å². The van der Waals surface area contributed by atoms with Gasteiger partial charge < -0.3 is 9.64 Å². The molecule has 0 spiro atoms. The summed E-state index contributed by atoms with van der Waals surface area (Å²) in [5, 5.41) is 2.95. The molecule has 0 saturated heterocycles. The normalized spacial score (nSPS) is 10.7. The zero-order valence-electron chi connectivity index (χ0n) is 17.4. The van der Waals surface area contributed by atoms with Crippen molar-refractivity contribution < 1.29 is 9.53 Å². The molecule has 29 heavy (non-hydrogen) atoms. The summed E-state index contributed by atoms with van der Waals surface area (Å²) in [6.45, 7) is 7.96. The molecule has 2 aromatic carbocycles. The molecule has 1 amide bonds. The van der Waals surface area contributed by atoms with Crippen molar-refractivity contribution in [2.45, 2.75) is 46.8 Å². The second kappa shape index (κ2) is 10.2. The van der Waals surface area contributed by atoms with E-state index in [0.29, 0.717) is 19.6 Å². The summed E-state index contributed by atoms with van der Waals surface area (Å²) in [5.41, 5.74) is 4.34. The van der Waals surface area contributed by atoms with Crippen LogP contribution in [0, 0.1) is 13.8 Å². The van der Waals surface area contributed by atoms with Gasteiger partial charge in [0.25, 0.3) is 0 Å². The van der Waals surface area contributed by atoms with E-state index in [1.165, 1.54) is 5.56 Å². The van der Waals surface area contributed by atoms with Crippen molar-refractivity contribution in [3.8, 4) is 5.75 Å². The third-order valence-corrected chi connectivity index (χ3v) is 5.77. The summed E-state index contributed by atoms with van der Waals surface area (Å²) < 4.78 is 5.96. The van der Waals surface area contributed by atoms with Gasteiger partial charge in [-0.2, -0.15) is 0 Å². The largest absolute Gasteiger partial charge is 0.486 e. The molecule has 0 fully saturated rings. The van der Waals surface area contributed by atoms with Crippen LogP contribution in [-0.2, 0) is 24.4 Å². The van der Waals surface area contributed by atoms with Crippen LogP contribution < -0.4 is 4.74 Å². The van der Waals surface area contributed by atoms with Crippen LogP contribution in [0.2, 0.25) is 0 Å². The molecule has 0 radical (unpaired) electrons. The molecular weight excluding hydrogens is 380 g/mol. The minimum absolute atomic E-state index is 0.138. The van der Waals surface area contributed by atoms with Crippen LogP contribution in [0.4, 0.5) is 0 Å². The molecule has 0 aliphatic rings. The number of carbonyl (C=O) groups is 1. The van der Waals surface area contributed by atoms with Crippen LogP contribution in [0.1, 0.15) is 40.7 Å². The van der Waals surface area contributed by atoms with E-state index in [-0.39, 0.29) is 5.91 Å².